The molecule has 1 heterocycles. The number of rotatable bonds is 7. The van der Waals surface area contributed by atoms with Crippen LogP contribution in [-0.2, 0) is 16.4 Å². The fraction of sp³-hybridized carbons (Fsp3) is 0.312. The quantitative estimate of drug-likeness (QED) is 0.760. The minimum absolute atomic E-state index is 0.223. The number of aryl methyl sites for hydroxylation is 1. The van der Waals surface area contributed by atoms with Gasteiger partial charge in [-0.15, -0.1) is 0 Å². The summed E-state index contributed by atoms with van der Waals surface area (Å²) in [5.74, 6) is 0.661. The highest BCUT2D eigenvalue weighted by molar-refractivity contribution is 7.92. The third kappa shape index (κ3) is 5.14. The smallest absolute Gasteiger partial charge is 0.251 e. The lowest BCUT2D eigenvalue weighted by Gasteiger charge is -2.12. The van der Waals surface area contributed by atoms with Crippen molar-refractivity contribution in [3.63, 3.8) is 0 Å². The van der Waals surface area contributed by atoms with Gasteiger partial charge in [0.25, 0.3) is 5.91 Å². The monoisotopic (exact) mass is 336 g/mol. The Labute approximate surface area is 135 Å². The molecule has 0 bridgehead atoms. The third-order valence-electron chi connectivity index (χ3n) is 3.34. The summed E-state index contributed by atoms with van der Waals surface area (Å²) in [5.41, 5.74) is 1.47. The number of anilines is 1. The highest BCUT2D eigenvalue weighted by Crippen LogP contribution is 2.19. The van der Waals surface area contributed by atoms with Crippen LogP contribution in [-0.4, -0.2) is 27.1 Å². The van der Waals surface area contributed by atoms with E-state index in [1.54, 1.807) is 31.4 Å². The fourth-order valence-corrected chi connectivity index (χ4v) is 2.83. The van der Waals surface area contributed by atoms with Crippen LogP contribution in [0.4, 0.5) is 5.69 Å². The van der Waals surface area contributed by atoms with Crippen LogP contribution in [0.1, 0.15) is 28.1 Å². The molecule has 0 saturated carbocycles. The molecule has 0 saturated heterocycles. The summed E-state index contributed by atoms with van der Waals surface area (Å²) in [4.78, 5) is 12.2. The first-order valence-corrected chi connectivity index (χ1v) is 9.14. The van der Waals surface area contributed by atoms with Crippen molar-refractivity contribution in [2.75, 3.05) is 17.5 Å². The van der Waals surface area contributed by atoms with E-state index in [0.717, 1.165) is 24.9 Å². The number of amides is 1. The maximum atomic E-state index is 12.2. The SMILES string of the molecule is Cc1c(NS(C)(=O)=O)cccc1C(=O)NCCCc1ccco1. The molecule has 124 valence electrons. The molecule has 0 aliphatic carbocycles. The number of nitrogens with one attached hydrogen (secondary N) is 2. The minimum Gasteiger partial charge on any atom is -0.469 e. The highest BCUT2D eigenvalue weighted by Gasteiger charge is 2.13. The van der Waals surface area contributed by atoms with Gasteiger partial charge in [-0.3, -0.25) is 9.52 Å². The molecule has 0 fully saturated rings. The number of hydrogen-bond acceptors (Lipinski definition) is 4. The molecule has 2 aromatic rings. The van der Waals surface area contributed by atoms with Crippen molar-refractivity contribution >= 4 is 21.6 Å². The molecule has 0 spiro atoms. The molecule has 0 aliphatic heterocycles. The van der Waals surface area contributed by atoms with Gasteiger partial charge in [-0.2, -0.15) is 0 Å². The van der Waals surface area contributed by atoms with E-state index in [4.69, 9.17) is 4.42 Å². The van der Waals surface area contributed by atoms with Crippen molar-refractivity contribution < 1.29 is 17.6 Å². The van der Waals surface area contributed by atoms with Crippen molar-refractivity contribution in [3.8, 4) is 0 Å². The van der Waals surface area contributed by atoms with Gasteiger partial charge in [0.2, 0.25) is 10.0 Å². The Bertz CT molecular complexity index is 767. The summed E-state index contributed by atoms with van der Waals surface area (Å²) >= 11 is 0. The summed E-state index contributed by atoms with van der Waals surface area (Å²) in [7, 11) is -3.38. The van der Waals surface area contributed by atoms with Crippen molar-refractivity contribution in [2.45, 2.75) is 19.8 Å². The zero-order chi connectivity index (χ0) is 16.9. The van der Waals surface area contributed by atoms with Crippen molar-refractivity contribution in [1.29, 1.82) is 0 Å². The van der Waals surface area contributed by atoms with Gasteiger partial charge < -0.3 is 9.73 Å². The van der Waals surface area contributed by atoms with Crippen molar-refractivity contribution in [2.24, 2.45) is 0 Å². The van der Waals surface area contributed by atoms with Crippen LogP contribution in [0.2, 0.25) is 0 Å². The van der Waals surface area contributed by atoms with E-state index < -0.39 is 10.0 Å². The zero-order valence-electron chi connectivity index (χ0n) is 13.1. The standard InChI is InChI=1S/C16H20N2O4S/c1-12-14(8-3-9-15(12)18-23(2,20)21)16(19)17-10-4-6-13-7-5-11-22-13/h3,5,7-9,11,18H,4,6,10H2,1-2H3,(H,17,19). The van der Waals surface area contributed by atoms with Gasteiger partial charge in [0.15, 0.2) is 0 Å². The summed E-state index contributed by atoms with van der Waals surface area (Å²) in [6.45, 7) is 2.23. The van der Waals surface area contributed by atoms with Crippen LogP contribution in [0.3, 0.4) is 0 Å². The second-order valence-corrected chi connectivity index (χ2v) is 7.04. The summed E-state index contributed by atoms with van der Waals surface area (Å²) in [6, 6.07) is 8.68. The molecule has 1 aromatic heterocycles. The molecule has 0 aliphatic rings. The molecule has 2 rings (SSSR count). The number of carbonyl (C=O) groups is 1. The van der Waals surface area contributed by atoms with Crippen LogP contribution in [0.15, 0.2) is 41.0 Å². The van der Waals surface area contributed by atoms with Crippen molar-refractivity contribution in [3.05, 3.63) is 53.5 Å². The molecule has 2 N–H and O–H groups in total. The maximum absolute atomic E-state index is 12.2. The first-order chi connectivity index (χ1) is 10.9. The average Bonchev–Trinajstić information content (AvgIpc) is 2.97. The van der Waals surface area contributed by atoms with Gasteiger partial charge in [0, 0.05) is 18.5 Å². The molecule has 0 radical (unpaired) electrons. The lowest BCUT2D eigenvalue weighted by Crippen LogP contribution is -2.26. The molecule has 7 heteroatoms. The Morgan fingerprint density at radius 1 is 1.22 bits per heavy atom. The second kappa shape index (κ2) is 7.32. The molecule has 0 atom stereocenters. The number of benzene rings is 1. The topological polar surface area (TPSA) is 88.4 Å². The van der Waals surface area contributed by atoms with E-state index in [1.165, 1.54) is 0 Å². The Morgan fingerprint density at radius 2 is 2.00 bits per heavy atom. The first kappa shape index (κ1) is 17.1. The van der Waals surface area contributed by atoms with E-state index >= 15 is 0 Å². The third-order valence-corrected chi connectivity index (χ3v) is 3.93. The largest absolute Gasteiger partial charge is 0.469 e. The second-order valence-electron chi connectivity index (χ2n) is 5.29. The predicted octanol–water partition coefficient (Wildman–Crippen LogP) is 2.32. The lowest BCUT2D eigenvalue weighted by molar-refractivity contribution is 0.0952. The average molecular weight is 336 g/mol. The Hall–Kier alpha value is -2.28. The van der Waals surface area contributed by atoms with Crippen LogP contribution in [0, 0.1) is 6.92 Å². The maximum Gasteiger partial charge on any atom is 0.251 e. The molecule has 23 heavy (non-hydrogen) atoms. The van der Waals surface area contributed by atoms with Crippen LogP contribution in [0.25, 0.3) is 0 Å². The minimum atomic E-state index is -3.38. The number of hydrogen-bond donors (Lipinski definition) is 2. The van der Waals surface area contributed by atoms with E-state index in [2.05, 4.69) is 10.0 Å². The molecular weight excluding hydrogens is 316 g/mol. The van der Waals surface area contributed by atoms with Gasteiger partial charge in [-0.25, -0.2) is 8.42 Å². The molecule has 6 nitrogen and oxygen atoms in total. The number of furan rings is 1. The van der Waals surface area contributed by atoms with Crippen molar-refractivity contribution in [1.82, 2.24) is 5.32 Å². The molecule has 1 aromatic carbocycles. The van der Waals surface area contributed by atoms with Gasteiger partial charge in [-0.1, -0.05) is 6.07 Å². The van der Waals surface area contributed by atoms with E-state index in [0.29, 0.717) is 23.4 Å². The van der Waals surface area contributed by atoms with E-state index in [-0.39, 0.29) is 5.91 Å². The summed E-state index contributed by atoms with van der Waals surface area (Å²) in [6.07, 6.45) is 4.22. The van der Waals surface area contributed by atoms with Gasteiger partial charge in [0.1, 0.15) is 5.76 Å². The Morgan fingerprint density at radius 3 is 2.65 bits per heavy atom. The highest BCUT2D eigenvalue weighted by atomic mass is 32.2. The number of sulfonamides is 1. The van der Waals surface area contributed by atoms with E-state index in [1.807, 2.05) is 12.1 Å². The molecule has 1 amide bonds. The van der Waals surface area contributed by atoms with Gasteiger partial charge in [-0.05, 0) is 43.2 Å². The normalized spacial score (nSPS) is 11.2. The fourth-order valence-electron chi connectivity index (χ4n) is 2.21. The predicted molar refractivity (Wildman–Crippen MR) is 89.0 cm³/mol. The molecule has 0 unspecified atom stereocenters. The van der Waals surface area contributed by atoms with Gasteiger partial charge in [0.05, 0.1) is 18.2 Å². The molecular formula is C16H20N2O4S. The first-order valence-electron chi connectivity index (χ1n) is 7.25. The van der Waals surface area contributed by atoms with Gasteiger partial charge >= 0.3 is 0 Å². The number of carbonyl (C=O) groups excluding carboxylic acids is 1. The van der Waals surface area contributed by atoms with Crippen LogP contribution < -0.4 is 10.0 Å². The zero-order valence-corrected chi connectivity index (χ0v) is 13.9. The van der Waals surface area contributed by atoms with E-state index in [9.17, 15) is 13.2 Å². The summed E-state index contributed by atoms with van der Waals surface area (Å²) < 4.78 is 30.3. The summed E-state index contributed by atoms with van der Waals surface area (Å²) in [5, 5.41) is 2.83. The van der Waals surface area contributed by atoms with Crippen LogP contribution >= 0.6 is 0 Å². The lowest BCUT2D eigenvalue weighted by atomic mass is 10.1. The Kier molecular flexibility index (Phi) is 5.44. The van der Waals surface area contributed by atoms with Crippen LogP contribution in [0.5, 0.6) is 0 Å². The Balaban J connectivity index is 1.95.